The fraction of sp³-hybridized carbons (Fsp3) is 0.250. The van der Waals surface area contributed by atoms with E-state index >= 15 is 0 Å². The zero-order valence-electron chi connectivity index (χ0n) is 15.1. The normalized spacial score (nSPS) is 10.6. The number of ether oxygens (including phenoxy) is 1. The standard InChI is InChI=1S/C20H22FN3O3/c1-2-13-27-16-9-7-15(8-10-16)14-23-24-19(25)11-12-22-20(26)17-5-3-4-6-18(17)21/h3-10,14H,2,11-13H2,1H3,(H,22,26)(H,24,25). The third-order valence-corrected chi connectivity index (χ3v) is 3.51. The van der Waals surface area contributed by atoms with Crippen molar-refractivity contribution in [2.24, 2.45) is 5.10 Å². The minimum absolute atomic E-state index is 0.0291. The van der Waals surface area contributed by atoms with Crippen molar-refractivity contribution < 1.29 is 18.7 Å². The van der Waals surface area contributed by atoms with Gasteiger partial charge < -0.3 is 10.1 Å². The molecule has 142 valence electrons. The largest absolute Gasteiger partial charge is 0.494 e. The second kappa shape index (κ2) is 10.7. The molecule has 0 aliphatic carbocycles. The van der Waals surface area contributed by atoms with Crippen LogP contribution in [-0.4, -0.2) is 31.2 Å². The molecule has 7 heteroatoms. The number of carbonyl (C=O) groups is 2. The summed E-state index contributed by atoms with van der Waals surface area (Å²) in [7, 11) is 0. The van der Waals surface area contributed by atoms with Crippen LogP contribution in [0.25, 0.3) is 0 Å². The molecular weight excluding hydrogens is 349 g/mol. The summed E-state index contributed by atoms with van der Waals surface area (Å²) in [5, 5.41) is 6.36. The van der Waals surface area contributed by atoms with Crippen molar-refractivity contribution in [2.45, 2.75) is 19.8 Å². The molecule has 0 saturated carbocycles. The Labute approximate surface area is 157 Å². The number of nitrogens with zero attached hydrogens (tertiary/aromatic N) is 1. The molecular formula is C20H22FN3O3. The Morgan fingerprint density at radius 3 is 2.59 bits per heavy atom. The number of hydrogen-bond donors (Lipinski definition) is 2. The summed E-state index contributed by atoms with van der Waals surface area (Å²) < 4.78 is 19.0. The van der Waals surface area contributed by atoms with Gasteiger partial charge in [0.05, 0.1) is 18.4 Å². The first-order chi connectivity index (χ1) is 13.1. The molecule has 2 aromatic carbocycles. The highest BCUT2D eigenvalue weighted by Crippen LogP contribution is 2.11. The minimum atomic E-state index is -0.602. The van der Waals surface area contributed by atoms with Crippen LogP contribution >= 0.6 is 0 Å². The lowest BCUT2D eigenvalue weighted by Gasteiger charge is -2.05. The molecule has 0 aliphatic heterocycles. The molecule has 2 rings (SSSR count). The number of halogens is 1. The molecule has 27 heavy (non-hydrogen) atoms. The fourth-order valence-electron chi connectivity index (χ4n) is 2.13. The Bertz CT molecular complexity index is 791. The Kier molecular flexibility index (Phi) is 7.96. The van der Waals surface area contributed by atoms with E-state index in [2.05, 4.69) is 15.8 Å². The zero-order valence-corrected chi connectivity index (χ0v) is 15.1. The molecule has 6 nitrogen and oxygen atoms in total. The monoisotopic (exact) mass is 371 g/mol. The van der Waals surface area contributed by atoms with Crippen molar-refractivity contribution in [2.75, 3.05) is 13.2 Å². The number of rotatable bonds is 9. The molecule has 0 aliphatic rings. The highest BCUT2D eigenvalue weighted by molar-refractivity contribution is 5.94. The van der Waals surface area contributed by atoms with Gasteiger partial charge in [-0.1, -0.05) is 19.1 Å². The van der Waals surface area contributed by atoms with Crippen molar-refractivity contribution in [3.63, 3.8) is 0 Å². The van der Waals surface area contributed by atoms with Crippen molar-refractivity contribution in [1.82, 2.24) is 10.7 Å². The first-order valence-electron chi connectivity index (χ1n) is 8.67. The van der Waals surface area contributed by atoms with Gasteiger partial charge in [-0.3, -0.25) is 9.59 Å². The second-order valence-corrected chi connectivity index (χ2v) is 5.70. The van der Waals surface area contributed by atoms with Crippen LogP contribution in [0.2, 0.25) is 0 Å². The topological polar surface area (TPSA) is 79.8 Å². The van der Waals surface area contributed by atoms with Crippen LogP contribution in [0, 0.1) is 5.82 Å². The smallest absolute Gasteiger partial charge is 0.254 e. The van der Waals surface area contributed by atoms with Gasteiger partial charge in [0.15, 0.2) is 0 Å². The molecule has 2 aromatic rings. The molecule has 0 unspecified atom stereocenters. The highest BCUT2D eigenvalue weighted by atomic mass is 19.1. The molecule has 2 N–H and O–H groups in total. The lowest BCUT2D eigenvalue weighted by Crippen LogP contribution is -2.29. The Morgan fingerprint density at radius 2 is 1.89 bits per heavy atom. The van der Waals surface area contributed by atoms with E-state index in [0.29, 0.717) is 6.61 Å². The third-order valence-electron chi connectivity index (χ3n) is 3.51. The SMILES string of the molecule is CCCOc1ccc(C=NNC(=O)CCNC(=O)c2ccccc2F)cc1. The number of carbonyl (C=O) groups excluding carboxylic acids is 2. The molecule has 2 amide bonds. The number of amides is 2. The third kappa shape index (κ3) is 6.89. The summed E-state index contributed by atoms with van der Waals surface area (Å²) in [6.07, 6.45) is 2.48. The van der Waals surface area contributed by atoms with E-state index in [1.807, 2.05) is 31.2 Å². The van der Waals surface area contributed by atoms with Crippen LogP contribution in [0.15, 0.2) is 53.6 Å². The van der Waals surface area contributed by atoms with Crippen LogP contribution in [0.3, 0.4) is 0 Å². The number of hydrazone groups is 1. The van der Waals surface area contributed by atoms with Gasteiger partial charge in [0.1, 0.15) is 11.6 Å². The molecule has 0 aromatic heterocycles. The van der Waals surface area contributed by atoms with E-state index in [9.17, 15) is 14.0 Å². The van der Waals surface area contributed by atoms with Gasteiger partial charge in [0.25, 0.3) is 5.91 Å². The summed E-state index contributed by atoms with van der Waals surface area (Å²) in [6.45, 7) is 2.78. The van der Waals surface area contributed by atoms with Crippen LogP contribution in [0.5, 0.6) is 5.75 Å². The second-order valence-electron chi connectivity index (χ2n) is 5.70. The average Bonchev–Trinajstić information content (AvgIpc) is 2.67. The van der Waals surface area contributed by atoms with E-state index in [4.69, 9.17) is 4.74 Å². The van der Waals surface area contributed by atoms with Crippen LogP contribution in [0.1, 0.15) is 35.7 Å². The lowest BCUT2D eigenvalue weighted by molar-refractivity contribution is -0.120. The van der Waals surface area contributed by atoms with Crippen molar-refractivity contribution in [3.8, 4) is 5.75 Å². The summed E-state index contributed by atoms with van der Waals surface area (Å²) in [5.74, 6) is -0.739. The van der Waals surface area contributed by atoms with Gasteiger partial charge in [0, 0.05) is 13.0 Å². The lowest BCUT2D eigenvalue weighted by atomic mass is 10.2. The Balaban J connectivity index is 1.70. The van der Waals surface area contributed by atoms with E-state index < -0.39 is 11.7 Å². The molecule has 0 bridgehead atoms. The van der Waals surface area contributed by atoms with Gasteiger partial charge in [-0.15, -0.1) is 0 Å². The van der Waals surface area contributed by atoms with Crippen LogP contribution < -0.4 is 15.5 Å². The van der Waals surface area contributed by atoms with Gasteiger partial charge in [-0.2, -0.15) is 5.10 Å². The van der Waals surface area contributed by atoms with E-state index in [-0.39, 0.29) is 24.4 Å². The fourth-order valence-corrected chi connectivity index (χ4v) is 2.13. The predicted octanol–water partition coefficient (Wildman–Crippen LogP) is 2.88. The maximum Gasteiger partial charge on any atom is 0.254 e. The van der Waals surface area contributed by atoms with Gasteiger partial charge in [-0.05, 0) is 48.4 Å². The molecule has 0 saturated heterocycles. The Morgan fingerprint density at radius 1 is 1.15 bits per heavy atom. The zero-order chi connectivity index (χ0) is 19.5. The maximum atomic E-state index is 13.5. The van der Waals surface area contributed by atoms with Crippen LogP contribution in [-0.2, 0) is 4.79 Å². The van der Waals surface area contributed by atoms with Crippen molar-refractivity contribution in [3.05, 3.63) is 65.5 Å². The van der Waals surface area contributed by atoms with E-state index in [0.717, 1.165) is 17.7 Å². The van der Waals surface area contributed by atoms with Gasteiger partial charge >= 0.3 is 0 Å². The summed E-state index contributed by atoms with van der Waals surface area (Å²) >= 11 is 0. The van der Waals surface area contributed by atoms with Crippen molar-refractivity contribution in [1.29, 1.82) is 0 Å². The predicted molar refractivity (Wildman–Crippen MR) is 101 cm³/mol. The average molecular weight is 371 g/mol. The first kappa shape index (κ1) is 20.1. The number of nitrogens with one attached hydrogen (secondary N) is 2. The van der Waals surface area contributed by atoms with E-state index in [1.165, 1.54) is 24.4 Å². The summed E-state index contributed by atoms with van der Waals surface area (Å²) in [6, 6.07) is 13.0. The van der Waals surface area contributed by atoms with Crippen molar-refractivity contribution >= 4 is 18.0 Å². The van der Waals surface area contributed by atoms with E-state index in [1.54, 1.807) is 6.07 Å². The molecule has 0 atom stereocenters. The maximum absolute atomic E-state index is 13.5. The van der Waals surface area contributed by atoms with Gasteiger partial charge in [-0.25, -0.2) is 9.82 Å². The highest BCUT2D eigenvalue weighted by Gasteiger charge is 2.10. The molecule has 0 radical (unpaired) electrons. The summed E-state index contributed by atoms with van der Waals surface area (Å²) in [4.78, 5) is 23.5. The number of hydrogen-bond acceptors (Lipinski definition) is 4. The first-order valence-corrected chi connectivity index (χ1v) is 8.67. The minimum Gasteiger partial charge on any atom is -0.494 e. The quantitative estimate of drug-likeness (QED) is 0.525. The van der Waals surface area contributed by atoms with Crippen LogP contribution in [0.4, 0.5) is 4.39 Å². The number of benzene rings is 2. The summed E-state index contributed by atoms with van der Waals surface area (Å²) in [5.41, 5.74) is 3.14. The molecule has 0 fully saturated rings. The molecule has 0 spiro atoms. The van der Waals surface area contributed by atoms with Gasteiger partial charge in [0.2, 0.25) is 5.91 Å². The molecule has 0 heterocycles. The Hall–Kier alpha value is -3.22.